The second-order valence-electron chi connectivity index (χ2n) is 5.50. The topological polar surface area (TPSA) is 61.0 Å². The van der Waals surface area contributed by atoms with E-state index in [0.717, 1.165) is 31.5 Å². The third-order valence-electron chi connectivity index (χ3n) is 4.04. The summed E-state index contributed by atoms with van der Waals surface area (Å²) in [5.41, 5.74) is 2.03. The van der Waals surface area contributed by atoms with Gasteiger partial charge in [-0.25, -0.2) is 0 Å². The standard InChI is InChI=1S/C16H19ClN4O.ClH/c1-18-10-11-5-4-8-21(11)16(22)15-9-14(19-20-15)12-6-2-3-7-13(12)17;/h2-3,6-7,9,11,18H,4-5,8,10H2,1H3,(H,19,20);1H. The molecule has 0 aliphatic carbocycles. The number of carbonyl (C=O) groups is 1. The lowest BCUT2D eigenvalue weighted by molar-refractivity contribution is 0.0731. The maximum atomic E-state index is 12.7. The maximum Gasteiger partial charge on any atom is 0.272 e. The van der Waals surface area contributed by atoms with Crippen molar-refractivity contribution in [2.75, 3.05) is 20.1 Å². The molecule has 1 aliphatic heterocycles. The number of benzene rings is 1. The Kier molecular flexibility index (Phi) is 6.04. The molecule has 1 aromatic heterocycles. The summed E-state index contributed by atoms with van der Waals surface area (Å²) in [6, 6.07) is 9.52. The molecule has 1 atom stereocenters. The molecule has 5 nitrogen and oxygen atoms in total. The summed E-state index contributed by atoms with van der Waals surface area (Å²) in [4.78, 5) is 14.6. The molecule has 0 saturated carbocycles. The fourth-order valence-electron chi connectivity index (χ4n) is 2.94. The van der Waals surface area contributed by atoms with Gasteiger partial charge in [-0.05, 0) is 32.0 Å². The van der Waals surface area contributed by atoms with Gasteiger partial charge in [0, 0.05) is 24.7 Å². The van der Waals surface area contributed by atoms with Crippen molar-refractivity contribution in [1.82, 2.24) is 20.4 Å². The monoisotopic (exact) mass is 354 g/mol. The van der Waals surface area contributed by atoms with Crippen molar-refractivity contribution in [3.8, 4) is 11.3 Å². The van der Waals surface area contributed by atoms with Crippen LogP contribution in [0.2, 0.25) is 5.02 Å². The summed E-state index contributed by atoms with van der Waals surface area (Å²) >= 11 is 6.18. The van der Waals surface area contributed by atoms with Crippen LogP contribution in [0.5, 0.6) is 0 Å². The number of likely N-dealkylation sites (N-methyl/N-ethyl adjacent to an activating group) is 1. The van der Waals surface area contributed by atoms with Crippen LogP contribution in [0.4, 0.5) is 0 Å². The first kappa shape index (κ1) is 17.8. The molecular formula is C16H20Cl2N4O. The van der Waals surface area contributed by atoms with Crippen LogP contribution in [0.1, 0.15) is 23.3 Å². The van der Waals surface area contributed by atoms with Gasteiger partial charge in [0.2, 0.25) is 0 Å². The predicted molar refractivity (Wildman–Crippen MR) is 94.3 cm³/mol. The Morgan fingerprint density at radius 1 is 1.48 bits per heavy atom. The van der Waals surface area contributed by atoms with Crippen LogP contribution >= 0.6 is 24.0 Å². The molecule has 1 aliphatic rings. The van der Waals surface area contributed by atoms with Gasteiger partial charge in [0.1, 0.15) is 5.69 Å². The number of aromatic nitrogens is 2. The van der Waals surface area contributed by atoms with Crippen LogP contribution in [0.3, 0.4) is 0 Å². The van der Waals surface area contributed by atoms with Gasteiger partial charge in [-0.3, -0.25) is 9.89 Å². The highest BCUT2D eigenvalue weighted by Gasteiger charge is 2.29. The van der Waals surface area contributed by atoms with Crippen LogP contribution < -0.4 is 5.32 Å². The lowest BCUT2D eigenvalue weighted by Gasteiger charge is -2.23. The molecule has 2 aromatic rings. The summed E-state index contributed by atoms with van der Waals surface area (Å²) in [7, 11) is 1.91. The predicted octanol–water partition coefficient (Wildman–Crippen LogP) is 2.98. The third-order valence-corrected chi connectivity index (χ3v) is 4.37. The second kappa shape index (κ2) is 7.81. The second-order valence-corrected chi connectivity index (χ2v) is 5.91. The molecule has 1 fully saturated rings. The molecule has 1 amide bonds. The van der Waals surface area contributed by atoms with Crippen molar-refractivity contribution in [3.63, 3.8) is 0 Å². The number of nitrogens with zero attached hydrogens (tertiary/aromatic N) is 2. The minimum Gasteiger partial charge on any atom is -0.333 e. The zero-order valence-corrected chi connectivity index (χ0v) is 14.5. The van der Waals surface area contributed by atoms with E-state index in [-0.39, 0.29) is 24.4 Å². The van der Waals surface area contributed by atoms with Crippen LogP contribution in [0.15, 0.2) is 30.3 Å². The summed E-state index contributed by atoms with van der Waals surface area (Å²) in [6.45, 7) is 1.61. The van der Waals surface area contributed by atoms with E-state index in [1.807, 2.05) is 36.2 Å². The lowest BCUT2D eigenvalue weighted by Crippen LogP contribution is -2.41. The SMILES string of the molecule is CNCC1CCCN1C(=O)c1cc(-c2ccccc2Cl)n[nH]1.Cl. The van der Waals surface area contributed by atoms with Gasteiger partial charge in [0.25, 0.3) is 5.91 Å². The lowest BCUT2D eigenvalue weighted by atomic mass is 10.1. The Bertz CT molecular complexity index is 674. The van der Waals surface area contributed by atoms with Crippen molar-refractivity contribution >= 4 is 29.9 Å². The molecule has 124 valence electrons. The fourth-order valence-corrected chi connectivity index (χ4v) is 3.18. The van der Waals surface area contributed by atoms with Crippen molar-refractivity contribution in [1.29, 1.82) is 0 Å². The number of nitrogens with one attached hydrogen (secondary N) is 2. The molecule has 1 unspecified atom stereocenters. The van der Waals surface area contributed by atoms with E-state index in [4.69, 9.17) is 11.6 Å². The average Bonchev–Trinajstić information content (AvgIpc) is 3.17. The van der Waals surface area contributed by atoms with E-state index in [1.165, 1.54) is 0 Å². The van der Waals surface area contributed by atoms with E-state index in [9.17, 15) is 4.79 Å². The molecular weight excluding hydrogens is 335 g/mol. The molecule has 2 heterocycles. The molecule has 23 heavy (non-hydrogen) atoms. The highest BCUT2D eigenvalue weighted by Crippen LogP contribution is 2.27. The number of halogens is 2. The molecule has 0 spiro atoms. The first-order valence-corrected chi connectivity index (χ1v) is 7.84. The van der Waals surface area contributed by atoms with Gasteiger partial charge in [-0.1, -0.05) is 29.8 Å². The minimum atomic E-state index is 0. The van der Waals surface area contributed by atoms with Crippen molar-refractivity contribution in [2.45, 2.75) is 18.9 Å². The Hall–Kier alpha value is -1.56. The molecule has 2 N–H and O–H groups in total. The Labute approximate surface area is 146 Å². The van der Waals surface area contributed by atoms with Crippen LogP contribution in [0.25, 0.3) is 11.3 Å². The van der Waals surface area contributed by atoms with Gasteiger partial charge >= 0.3 is 0 Å². The number of hydrogen-bond donors (Lipinski definition) is 2. The third kappa shape index (κ3) is 3.68. The van der Waals surface area contributed by atoms with Gasteiger partial charge < -0.3 is 10.2 Å². The first-order chi connectivity index (χ1) is 10.7. The molecule has 0 radical (unpaired) electrons. The normalized spacial score (nSPS) is 17.1. The summed E-state index contributed by atoms with van der Waals surface area (Å²) in [6.07, 6.45) is 2.09. The number of H-pyrrole nitrogens is 1. The smallest absolute Gasteiger partial charge is 0.272 e. The number of likely N-dealkylation sites (tertiary alicyclic amines) is 1. The van der Waals surface area contributed by atoms with Gasteiger partial charge in [-0.15, -0.1) is 12.4 Å². The average molecular weight is 355 g/mol. The molecule has 1 aromatic carbocycles. The number of carbonyl (C=O) groups excluding carboxylic acids is 1. The summed E-state index contributed by atoms with van der Waals surface area (Å²) in [5, 5.41) is 10.9. The van der Waals surface area contributed by atoms with Crippen molar-refractivity contribution in [2.24, 2.45) is 0 Å². The number of rotatable bonds is 4. The minimum absolute atomic E-state index is 0. The van der Waals surface area contributed by atoms with Gasteiger partial charge in [-0.2, -0.15) is 5.10 Å². The molecule has 0 bridgehead atoms. The maximum absolute atomic E-state index is 12.7. The Morgan fingerprint density at radius 2 is 2.26 bits per heavy atom. The Morgan fingerprint density at radius 3 is 3.00 bits per heavy atom. The largest absolute Gasteiger partial charge is 0.333 e. The number of hydrogen-bond acceptors (Lipinski definition) is 3. The molecule has 3 rings (SSSR count). The fraction of sp³-hybridized carbons (Fsp3) is 0.375. The molecule has 1 saturated heterocycles. The number of amides is 1. The summed E-state index contributed by atoms with van der Waals surface area (Å²) < 4.78 is 0. The van der Waals surface area contributed by atoms with E-state index in [2.05, 4.69) is 15.5 Å². The first-order valence-electron chi connectivity index (χ1n) is 7.46. The zero-order valence-electron chi connectivity index (χ0n) is 12.9. The van der Waals surface area contributed by atoms with Crippen LogP contribution in [0, 0.1) is 0 Å². The summed E-state index contributed by atoms with van der Waals surface area (Å²) in [5.74, 6) is 0.00329. The Balaban J connectivity index is 0.00000192. The highest BCUT2D eigenvalue weighted by atomic mass is 35.5. The zero-order chi connectivity index (χ0) is 15.5. The quantitative estimate of drug-likeness (QED) is 0.887. The van der Waals surface area contributed by atoms with E-state index in [0.29, 0.717) is 16.4 Å². The van der Waals surface area contributed by atoms with Crippen molar-refractivity contribution < 1.29 is 4.79 Å². The number of aromatic amines is 1. The van der Waals surface area contributed by atoms with Gasteiger partial charge in [0.05, 0.1) is 10.7 Å². The highest BCUT2D eigenvalue weighted by molar-refractivity contribution is 6.33. The molecule has 7 heteroatoms. The van der Waals surface area contributed by atoms with Gasteiger partial charge in [0.15, 0.2) is 0 Å². The van der Waals surface area contributed by atoms with E-state index >= 15 is 0 Å². The van der Waals surface area contributed by atoms with Crippen molar-refractivity contribution in [3.05, 3.63) is 41.0 Å². The van der Waals surface area contributed by atoms with E-state index < -0.39 is 0 Å². The van der Waals surface area contributed by atoms with E-state index in [1.54, 1.807) is 6.07 Å². The van der Waals surface area contributed by atoms with Crippen LogP contribution in [-0.2, 0) is 0 Å². The van der Waals surface area contributed by atoms with Crippen LogP contribution in [-0.4, -0.2) is 47.2 Å².